The van der Waals surface area contributed by atoms with Gasteiger partial charge in [0.15, 0.2) is 5.65 Å². The number of hydrogen-bond donors (Lipinski definition) is 1. The fourth-order valence-corrected chi connectivity index (χ4v) is 4.00. The molecule has 0 aromatic carbocycles. The first-order valence-electron chi connectivity index (χ1n) is 9.32. The average molecular weight is 343 g/mol. The molecule has 2 heterocycles. The van der Waals surface area contributed by atoms with E-state index < -0.39 is 0 Å². The number of amides is 1. The van der Waals surface area contributed by atoms with Crippen molar-refractivity contribution in [3.8, 4) is 0 Å². The van der Waals surface area contributed by atoms with Crippen LogP contribution in [0.2, 0.25) is 0 Å². The molecule has 2 aromatic rings. The molecule has 2 aliphatic carbocycles. The lowest BCUT2D eigenvalue weighted by Crippen LogP contribution is -2.47. The zero-order chi connectivity index (χ0) is 17.2. The van der Waals surface area contributed by atoms with Crippen LogP contribution in [0.5, 0.6) is 0 Å². The van der Waals surface area contributed by atoms with Crippen molar-refractivity contribution >= 4 is 17.1 Å². The number of ether oxygens (including phenoxy) is 1. The molecular formula is C18H25N5O2. The van der Waals surface area contributed by atoms with Gasteiger partial charge in [-0.05, 0) is 31.7 Å². The molecule has 0 radical (unpaired) electrons. The van der Waals surface area contributed by atoms with E-state index in [1.54, 1.807) is 24.0 Å². The third kappa shape index (κ3) is 3.51. The second kappa shape index (κ2) is 7.07. The number of carbonyl (C=O) groups is 1. The highest BCUT2D eigenvalue weighted by Gasteiger charge is 2.30. The van der Waals surface area contributed by atoms with Crippen molar-refractivity contribution < 1.29 is 9.53 Å². The molecule has 0 unspecified atom stereocenters. The van der Waals surface area contributed by atoms with Gasteiger partial charge in [-0.3, -0.25) is 4.79 Å². The molecule has 2 aromatic heterocycles. The number of rotatable bonds is 4. The molecule has 1 N–H and O–H groups in total. The standard InChI is InChI=1S/C18H25N5O2/c1-23-17-15(21-22-23)10-12(11-19-17)18(24)20-14-8-4-5-9-16(14)25-13-6-2-3-7-13/h10-11,13-14,16H,2-9H2,1H3,(H,20,24)/t14-,16-/m0/s1. The Hall–Kier alpha value is -2.02. The predicted molar refractivity (Wildman–Crippen MR) is 93.2 cm³/mol. The quantitative estimate of drug-likeness (QED) is 0.921. The van der Waals surface area contributed by atoms with Crippen molar-refractivity contribution in [3.05, 3.63) is 17.8 Å². The molecule has 2 aliphatic rings. The van der Waals surface area contributed by atoms with Gasteiger partial charge in [0.25, 0.3) is 5.91 Å². The molecule has 7 heteroatoms. The number of aromatic nitrogens is 4. The highest BCUT2D eigenvalue weighted by Crippen LogP contribution is 2.28. The second-order valence-electron chi connectivity index (χ2n) is 7.23. The zero-order valence-corrected chi connectivity index (χ0v) is 14.6. The normalized spacial score (nSPS) is 24.7. The first kappa shape index (κ1) is 16.4. The molecule has 0 spiro atoms. The van der Waals surface area contributed by atoms with Gasteiger partial charge in [0.2, 0.25) is 0 Å². The van der Waals surface area contributed by atoms with Crippen molar-refractivity contribution in [1.29, 1.82) is 0 Å². The molecule has 0 saturated heterocycles. The zero-order valence-electron chi connectivity index (χ0n) is 14.6. The molecule has 0 aliphatic heterocycles. The summed E-state index contributed by atoms with van der Waals surface area (Å²) in [5.41, 5.74) is 1.84. The van der Waals surface area contributed by atoms with Crippen molar-refractivity contribution in [3.63, 3.8) is 0 Å². The van der Waals surface area contributed by atoms with Gasteiger partial charge in [-0.1, -0.05) is 30.9 Å². The van der Waals surface area contributed by atoms with E-state index in [0.29, 0.717) is 22.8 Å². The van der Waals surface area contributed by atoms with E-state index in [9.17, 15) is 4.79 Å². The maximum Gasteiger partial charge on any atom is 0.253 e. The van der Waals surface area contributed by atoms with Crippen LogP contribution in [-0.4, -0.2) is 44.1 Å². The van der Waals surface area contributed by atoms with Crippen molar-refractivity contribution in [2.75, 3.05) is 0 Å². The Morgan fingerprint density at radius 1 is 1.20 bits per heavy atom. The fourth-order valence-electron chi connectivity index (χ4n) is 4.00. The smallest absolute Gasteiger partial charge is 0.253 e. The van der Waals surface area contributed by atoms with Crippen LogP contribution in [0, 0.1) is 0 Å². The number of nitrogens with zero attached hydrogens (tertiary/aromatic N) is 4. The Labute approximate surface area is 147 Å². The third-order valence-corrected chi connectivity index (χ3v) is 5.39. The lowest BCUT2D eigenvalue weighted by atomic mass is 9.92. The van der Waals surface area contributed by atoms with Crippen LogP contribution in [0.15, 0.2) is 12.3 Å². The van der Waals surface area contributed by atoms with Crippen LogP contribution >= 0.6 is 0 Å². The van der Waals surface area contributed by atoms with Gasteiger partial charge in [0.05, 0.1) is 23.8 Å². The van der Waals surface area contributed by atoms with Crippen LogP contribution in [0.1, 0.15) is 61.7 Å². The minimum absolute atomic E-state index is 0.0828. The topological polar surface area (TPSA) is 81.9 Å². The number of aryl methyl sites for hydroxylation is 1. The summed E-state index contributed by atoms with van der Waals surface area (Å²) < 4.78 is 7.92. The second-order valence-corrected chi connectivity index (χ2v) is 7.23. The van der Waals surface area contributed by atoms with E-state index in [-0.39, 0.29) is 18.1 Å². The summed E-state index contributed by atoms with van der Waals surface area (Å²) in [6.07, 6.45) is 11.3. The fraction of sp³-hybridized carbons (Fsp3) is 0.667. The van der Waals surface area contributed by atoms with Gasteiger partial charge in [-0.15, -0.1) is 5.10 Å². The van der Waals surface area contributed by atoms with E-state index in [0.717, 1.165) is 32.1 Å². The Bertz CT molecular complexity index is 753. The van der Waals surface area contributed by atoms with Crippen LogP contribution in [0.4, 0.5) is 0 Å². The molecular weight excluding hydrogens is 318 g/mol. The first-order valence-corrected chi connectivity index (χ1v) is 9.32. The largest absolute Gasteiger partial charge is 0.373 e. The lowest BCUT2D eigenvalue weighted by molar-refractivity contribution is -0.0419. The highest BCUT2D eigenvalue weighted by molar-refractivity contribution is 5.96. The van der Waals surface area contributed by atoms with Gasteiger partial charge >= 0.3 is 0 Å². The minimum atomic E-state index is -0.105. The average Bonchev–Trinajstić information content (AvgIpc) is 3.26. The van der Waals surface area contributed by atoms with Crippen LogP contribution in [-0.2, 0) is 11.8 Å². The first-order chi connectivity index (χ1) is 12.2. The summed E-state index contributed by atoms with van der Waals surface area (Å²) >= 11 is 0. The van der Waals surface area contributed by atoms with Crippen LogP contribution < -0.4 is 5.32 Å². The minimum Gasteiger partial charge on any atom is -0.373 e. The van der Waals surface area contributed by atoms with Crippen molar-refractivity contribution in [1.82, 2.24) is 25.3 Å². The summed E-state index contributed by atoms with van der Waals surface area (Å²) in [6.45, 7) is 0. The van der Waals surface area contributed by atoms with Crippen molar-refractivity contribution in [2.24, 2.45) is 7.05 Å². The molecule has 4 rings (SSSR count). The van der Waals surface area contributed by atoms with E-state index in [1.165, 1.54) is 19.3 Å². The van der Waals surface area contributed by atoms with E-state index >= 15 is 0 Å². The molecule has 2 fully saturated rings. The predicted octanol–water partition coefficient (Wildman–Crippen LogP) is 2.36. The van der Waals surface area contributed by atoms with E-state index in [2.05, 4.69) is 20.6 Å². The number of hydrogen-bond acceptors (Lipinski definition) is 5. The van der Waals surface area contributed by atoms with Crippen LogP contribution in [0.3, 0.4) is 0 Å². The summed E-state index contributed by atoms with van der Waals surface area (Å²) in [4.78, 5) is 17.0. The molecule has 1 amide bonds. The molecule has 25 heavy (non-hydrogen) atoms. The molecule has 7 nitrogen and oxygen atoms in total. The van der Waals surface area contributed by atoms with Gasteiger partial charge < -0.3 is 10.1 Å². The van der Waals surface area contributed by atoms with Gasteiger partial charge in [-0.25, -0.2) is 9.67 Å². The Morgan fingerprint density at radius 2 is 1.96 bits per heavy atom. The van der Waals surface area contributed by atoms with E-state index in [1.807, 2.05) is 0 Å². The molecule has 0 bridgehead atoms. The molecule has 2 atom stereocenters. The SMILES string of the molecule is Cn1nnc2cc(C(=O)N[C@H]3CCCC[C@@H]3OC3CCCC3)cnc21. The summed E-state index contributed by atoms with van der Waals surface area (Å²) in [7, 11) is 1.79. The van der Waals surface area contributed by atoms with Gasteiger partial charge in [0, 0.05) is 13.2 Å². The summed E-state index contributed by atoms with van der Waals surface area (Å²) in [5.74, 6) is -0.105. The molecule has 134 valence electrons. The van der Waals surface area contributed by atoms with Crippen LogP contribution in [0.25, 0.3) is 11.2 Å². The number of nitrogens with one attached hydrogen (secondary N) is 1. The monoisotopic (exact) mass is 343 g/mol. The van der Waals surface area contributed by atoms with Gasteiger partial charge in [0.1, 0.15) is 5.52 Å². The summed E-state index contributed by atoms with van der Waals surface area (Å²) in [6, 6.07) is 1.83. The van der Waals surface area contributed by atoms with Gasteiger partial charge in [-0.2, -0.15) is 0 Å². The Morgan fingerprint density at radius 3 is 2.80 bits per heavy atom. The maximum absolute atomic E-state index is 12.7. The van der Waals surface area contributed by atoms with E-state index in [4.69, 9.17) is 4.74 Å². The molecule has 2 saturated carbocycles. The van der Waals surface area contributed by atoms with Crippen molar-refractivity contribution in [2.45, 2.75) is 69.6 Å². The number of fused-ring (bicyclic) bond motifs is 1. The number of carbonyl (C=O) groups excluding carboxylic acids is 1. The Balaban J connectivity index is 1.45. The summed E-state index contributed by atoms with van der Waals surface area (Å²) in [5, 5.41) is 11.1. The third-order valence-electron chi connectivity index (χ3n) is 5.39. The number of pyridine rings is 1. The Kier molecular flexibility index (Phi) is 4.65. The highest BCUT2D eigenvalue weighted by atomic mass is 16.5. The maximum atomic E-state index is 12.7. The lowest BCUT2D eigenvalue weighted by Gasteiger charge is -2.34.